The lowest BCUT2D eigenvalue weighted by Crippen LogP contribution is -2.14. The Morgan fingerprint density at radius 2 is 2.00 bits per heavy atom. The van der Waals surface area contributed by atoms with Crippen molar-refractivity contribution < 1.29 is 17.2 Å². The Morgan fingerprint density at radius 3 is 2.58 bits per heavy atom. The first-order valence-electron chi connectivity index (χ1n) is 5.43. The van der Waals surface area contributed by atoms with Gasteiger partial charge in [-0.1, -0.05) is 0 Å². The van der Waals surface area contributed by atoms with Gasteiger partial charge < -0.3 is 0 Å². The largest absolute Gasteiger partial charge is 0.271 e. The van der Waals surface area contributed by atoms with Crippen LogP contribution in [-0.4, -0.2) is 18.2 Å². The molecule has 0 saturated heterocycles. The molecule has 1 aromatic carbocycles. The zero-order chi connectivity index (χ0) is 14.0. The van der Waals surface area contributed by atoms with Crippen molar-refractivity contribution >= 4 is 15.8 Å². The minimum atomic E-state index is -3.98. The van der Waals surface area contributed by atoms with Gasteiger partial charge in [-0.2, -0.15) is 5.10 Å². The summed E-state index contributed by atoms with van der Waals surface area (Å²) in [4.78, 5) is -0.363. The van der Waals surface area contributed by atoms with Crippen LogP contribution in [0.3, 0.4) is 0 Å². The van der Waals surface area contributed by atoms with Crippen LogP contribution in [0.5, 0.6) is 0 Å². The zero-order valence-electron chi connectivity index (χ0n) is 9.97. The van der Waals surface area contributed by atoms with Gasteiger partial charge in [-0.05, 0) is 25.1 Å². The second-order valence-electron chi connectivity index (χ2n) is 3.74. The molecule has 0 aliphatic carbocycles. The summed E-state index contributed by atoms with van der Waals surface area (Å²) in [5.74, 6) is -2.21. The van der Waals surface area contributed by atoms with E-state index in [-0.39, 0.29) is 10.7 Å². The van der Waals surface area contributed by atoms with Gasteiger partial charge in [-0.3, -0.25) is 9.40 Å². The van der Waals surface area contributed by atoms with E-state index in [0.717, 1.165) is 12.1 Å². The summed E-state index contributed by atoms with van der Waals surface area (Å²) in [6.45, 7) is 2.44. The average Bonchev–Trinajstić information content (AvgIpc) is 2.79. The topological polar surface area (TPSA) is 64.0 Å². The van der Waals surface area contributed by atoms with E-state index in [0.29, 0.717) is 12.6 Å². The van der Waals surface area contributed by atoms with Crippen LogP contribution in [0.1, 0.15) is 6.92 Å². The van der Waals surface area contributed by atoms with Gasteiger partial charge in [0.05, 0.1) is 4.90 Å². The summed E-state index contributed by atoms with van der Waals surface area (Å²) in [5, 5.41) is 3.94. The molecule has 1 aromatic heterocycles. The highest BCUT2D eigenvalue weighted by Crippen LogP contribution is 2.17. The smallest absolute Gasteiger partial charge is 0.263 e. The number of halogens is 2. The van der Waals surface area contributed by atoms with Crippen LogP contribution in [0.25, 0.3) is 0 Å². The van der Waals surface area contributed by atoms with Gasteiger partial charge in [0.15, 0.2) is 17.5 Å². The number of hydrogen-bond donors (Lipinski definition) is 1. The number of sulfonamides is 1. The minimum Gasteiger partial charge on any atom is -0.271 e. The van der Waals surface area contributed by atoms with E-state index in [1.165, 1.54) is 10.7 Å². The van der Waals surface area contributed by atoms with Gasteiger partial charge in [-0.15, -0.1) is 0 Å². The standard InChI is InChI=1S/C11H11F2N3O2S/c1-2-16-6-5-11(14-16)15-19(17,18)8-3-4-9(12)10(13)7-8/h3-7H,2H2,1H3,(H,14,15). The third-order valence-corrected chi connectivity index (χ3v) is 3.76. The van der Waals surface area contributed by atoms with Crippen LogP contribution in [0.15, 0.2) is 35.4 Å². The molecule has 8 heteroatoms. The molecule has 0 fully saturated rings. The molecule has 0 atom stereocenters. The number of aryl methyl sites for hydroxylation is 1. The Labute approximate surface area is 108 Å². The molecule has 2 rings (SSSR count). The maximum absolute atomic E-state index is 13.0. The molecule has 0 amide bonds. The minimum absolute atomic E-state index is 0.117. The van der Waals surface area contributed by atoms with Crippen molar-refractivity contribution in [3.8, 4) is 0 Å². The molecule has 0 unspecified atom stereocenters. The molecule has 5 nitrogen and oxygen atoms in total. The highest BCUT2D eigenvalue weighted by atomic mass is 32.2. The lowest BCUT2D eigenvalue weighted by atomic mass is 10.3. The van der Waals surface area contributed by atoms with Crippen molar-refractivity contribution in [1.82, 2.24) is 9.78 Å². The van der Waals surface area contributed by atoms with Gasteiger partial charge in [0, 0.05) is 18.8 Å². The van der Waals surface area contributed by atoms with Gasteiger partial charge >= 0.3 is 0 Å². The van der Waals surface area contributed by atoms with Gasteiger partial charge in [0.25, 0.3) is 10.0 Å². The Morgan fingerprint density at radius 1 is 1.26 bits per heavy atom. The second-order valence-corrected chi connectivity index (χ2v) is 5.42. The Hall–Kier alpha value is -1.96. The summed E-state index contributed by atoms with van der Waals surface area (Å²) < 4.78 is 53.3. The van der Waals surface area contributed by atoms with Crippen molar-refractivity contribution in [3.05, 3.63) is 42.1 Å². The fraction of sp³-hybridized carbons (Fsp3) is 0.182. The monoisotopic (exact) mass is 287 g/mol. The summed E-state index contributed by atoms with van der Waals surface area (Å²) in [6, 6.07) is 3.83. The third kappa shape index (κ3) is 2.90. The molecule has 1 heterocycles. The Bertz CT molecular complexity index is 698. The van der Waals surface area contributed by atoms with Gasteiger partial charge in [0.2, 0.25) is 0 Å². The van der Waals surface area contributed by atoms with E-state index in [9.17, 15) is 17.2 Å². The number of aromatic nitrogens is 2. The Kier molecular flexibility index (Phi) is 3.52. The van der Waals surface area contributed by atoms with E-state index in [1.807, 2.05) is 6.92 Å². The van der Waals surface area contributed by atoms with Crippen molar-refractivity contribution in [2.75, 3.05) is 4.72 Å². The number of nitrogens with one attached hydrogen (secondary N) is 1. The molecular weight excluding hydrogens is 276 g/mol. The maximum atomic E-state index is 13.0. The molecule has 1 N–H and O–H groups in total. The van der Waals surface area contributed by atoms with Crippen molar-refractivity contribution in [2.45, 2.75) is 18.4 Å². The first-order chi connectivity index (χ1) is 8.92. The summed E-state index contributed by atoms with van der Waals surface area (Å²) in [5.41, 5.74) is 0. The van der Waals surface area contributed by atoms with Gasteiger partial charge in [0.1, 0.15) is 0 Å². The highest BCUT2D eigenvalue weighted by Gasteiger charge is 2.17. The third-order valence-electron chi connectivity index (χ3n) is 2.40. The average molecular weight is 287 g/mol. The van der Waals surface area contributed by atoms with E-state index >= 15 is 0 Å². The predicted octanol–water partition coefficient (Wildman–Crippen LogP) is 1.98. The van der Waals surface area contributed by atoms with Crippen LogP contribution in [0, 0.1) is 11.6 Å². The van der Waals surface area contributed by atoms with Crippen LogP contribution in [0.2, 0.25) is 0 Å². The van der Waals surface area contributed by atoms with Crippen molar-refractivity contribution in [2.24, 2.45) is 0 Å². The summed E-state index contributed by atoms with van der Waals surface area (Å²) >= 11 is 0. The quantitative estimate of drug-likeness (QED) is 0.935. The number of anilines is 1. The summed E-state index contributed by atoms with van der Waals surface area (Å²) in [6.07, 6.45) is 1.60. The zero-order valence-corrected chi connectivity index (χ0v) is 10.8. The fourth-order valence-corrected chi connectivity index (χ4v) is 2.44. The second kappa shape index (κ2) is 4.96. The number of rotatable bonds is 4. The predicted molar refractivity (Wildman–Crippen MR) is 65.1 cm³/mol. The van der Waals surface area contributed by atoms with E-state index in [4.69, 9.17) is 0 Å². The molecule has 2 aromatic rings. The molecular formula is C11H11F2N3O2S. The van der Waals surface area contributed by atoms with Crippen molar-refractivity contribution in [1.29, 1.82) is 0 Å². The molecule has 0 radical (unpaired) electrons. The maximum Gasteiger partial charge on any atom is 0.263 e. The van der Waals surface area contributed by atoms with Crippen molar-refractivity contribution in [3.63, 3.8) is 0 Å². The van der Waals surface area contributed by atoms with Crippen LogP contribution >= 0.6 is 0 Å². The number of nitrogens with zero attached hydrogens (tertiary/aromatic N) is 2. The highest BCUT2D eigenvalue weighted by molar-refractivity contribution is 7.92. The lowest BCUT2D eigenvalue weighted by molar-refractivity contribution is 0.504. The summed E-state index contributed by atoms with van der Waals surface area (Å²) in [7, 11) is -3.98. The molecule has 0 spiro atoms. The van der Waals surface area contributed by atoms with Crippen LogP contribution < -0.4 is 4.72 Å². The number of benzene rings is 1. The molecule has 0 saturated carbocycles. The van der Waals surface area contributed by atoms with Crippen LogP contribution in [0.4, 0.5) is 14.6 Å². The lowest BCUT2D eigenvalue weighted by Gasteiger charge is -2.05. The molecule has 0 aliphatic heterocycles. The van der Waals surface area contributed by atoms with Crippen LogP contribution in [-0.2, 0) is 16.6 Å². The SMILES string of the molecule is CCn1ccc(NS(=O)(=O)c2ccc(F)c(F)c2)n1. The normalized spacial score (nSPS) is 11.5. The first-order valence-corrected chi connectivity index (χ1v) is 6.92. The molecule has 102 valence electrons. The number of hydrogen-bond acceptors (Lipinski definition) is 3. The molecule has 0 aliphatic rings. The Balaban J connectivity index is 2.29. The van der Waals surface area contributed by atoms with E-state index < -0.39 is 21.7 Å². The fourth-order valence-electron chi connectivity index (χ4n) is 1.43. The molecule has 19 heavy (non-hydrogen) atoms. The van der Waals surface area contributed by atoms with Gasteiger partial charge in [-0.25, -0.2) is 17.2 Å². The molecule has 0 bridgehead atoms. The first kappa shape index (κ1) is 13.5. The van der Waals surface area contributed by atoms with E-state index in [1.54, 1.807) is 6.20 Å². The van der Waals surface area contributed by atoms with E-state index in [2.05, 4.69) is 9.82 Å².